The molecule has 0 saturated heterocycles. The first-order valence-electron chi connectivity index (χ1n) is 6.88. The molecule has 0 amide bonds. The Morgan fingerprint density at radius 1 is 1.19 bits per heavy atom. The molecule has 3 nitrogen and oxygen atoms in total. The summed E-state index contributed by atoms with van der Waals surface area (Å²) in [4.78, 5) is 10.7. The Bertz CT molecular complexity index is 700. The summed E-state index contributed by atoms with van der Waals surface area (Å²) in [7, 11) is 0. The number of hydrogen-bond acceptors (Lipinski definition) is 2. The smallest absolute Gasteiger partial charge is 0.258 e. The molecule has 0 spiro atoms. The Kier molecular flexibility index (Phi) is 4.22. The molecule has 0 unspecified atom stereocenters. The molecule has 2 aromatic rings. The lowest BCUT2D eigenvalue weighted by atomic mass is 9.91. The molecule has 0 N–H and O–H groups in total. The molecule has 0 aliphatic rings. The van der Waals surface area contributed by atoms with Crippen LogP contribution in [0.15, 0.2) is 43.0 Å². The van der Waals surface area contributed by atoms with Gasteiger partial charge in [-0.3, -0.25) is 10.1 Å². The van der Waals surface area contributed by atoms with Crippen molar-refractivity contribution >= 4 is 11.3 Å². The van der Waals surface area contributed by atoms with Gasteiger partial charge in [-0.05, 0) is 49.4 Å². The Morgan fingerprint density at radius 3 is 2.33 bits per heavy atom. The van der Waals surface area contributed by atoms with Crippen molar-refractivity contribution in [3.8, 4) is 0 Å². The summed E-state index contributed by atoms with van der Waals surface area (Å²) in [5.74, 6) is 0. The molecule has 0 fully saturated rings. The van der Waals surface area contributed by atoms with E-state index in [0.29, 0.717) is 6.42 Å². The molecule has 21 heavy (non-hydrogen) atoms. The minimum atomic E-state index is -0.339. The molecule has 0 aliphatic carbocycles. The van der Waals surface area contributed by atoms with Gasteiger partial charge in [-0.15, -0.1) is 0 Å². The van der Waals surface area contributed by atoms with Crippen LogP contribution in [0.3, 0.4) is 0 Å². The zero-order chi connectivity index (χ0) is 15.6. The Hall–Kier alpha value is -2.42. The highest BCUT2D eigenvalue weighted by Gasteiger charge is 2.15. The van der Waals surface area contributed by atoms with Crippen LogP contribution in [0.25, 0.3) is 5.57 Å². The molecule has 0 atom stereocenters. The lowest BCUT2D eigenvalue weighted by Crippen LogP contribution is -2.00. The van der Waals surface area contributed by atoms with Gasteiger partial charge in [0.25, 0.3) is 5.69 Å². The van der Waals surface area contributed by atoms with Crippen LogP contribution in [0.1, 0.15) is 34.7 Å². The van der Waals surface area contributed by atoms with Gasteiger partial charge in [-0.2, -0.15) is 0 Å². The van der Waals surface area contributed by atoms with E-state index < -0.39 is 0 Å². The first-order chi connectivity index (χ1) is 9.88. The van der Waals surface area contributed by atoms with Crippen LogP contribution in [0, 0.1) is 24.0 Å². The topological polar surface area (TPSA) is 43.1 Å². The predicted molar refractivity (Wildman–Crippen MR) is 86.5 cm³/mol. The Labute approximate surface area is 125 Å². The summed E-state index contributed by atoms with van der Waals surface area (Å²) >= 11 is 0. The summed E-state index contributed by atoms with van der Waals surface area (Å²) in [6.07, 6.45) is 0.672. The van der Waals surface area contributed by atoms with Crippen molar-refractivity contribution in [2.24, 2.45) is 0 Å². The Balaban J connectivity index is 2.51. The van der Waals surface area contributed by atoms with Gasteiger partial charge >= 0.3 is 0 Å². The van der Waals surface area contributed by atoms with Crippen LogP contribution in [-0.2, 0) is 6.42 Å². The lowest BCUT2D eigenvalue weighted by Gasteiger charge is -2.13. The van der Waals surface area contributed by atoms with Crippen LogP contribution < -0.4 is 0 Å². The zero-order valence-corrected chi connectivity index (χ0v) is 12.6. The van der Waals surface area contributed by atoms with Crippen molar-refractivity contribution in [3.05, 3.63) is 80.9 Å². The number of aryl methyl sites for hydroxylation is 2. The molecular formula is C18H19NO2. The van der Waals surface area contributed by atoms with Crippen LogP contribution in [0.5, 0.6) is 0 Å². The molecule has 3 heteroatoms. The molecule has 0 bridgehead atoms. The van der Waals surface area contributed by atoms with E-state index >= 15 is 0 Å². The highest BCUT2D eigenvalue weighted by molar-refractivity contribution is 5.70. The van der Waals surface area contributed by atoms with Crippen molar-refractivity contribution < 1.29 is 4.92 Å². The number of allylic oxidation sites excluding steroid dienone is 1. The third-order valence-corrected chi connectivity index (χ3v) is 3.55. The fourth-order valence-electron chi connectivity index (χ4n) is 2.62. The van der Waals surface area contributed by atoms with Crippen LogP contribution in [0.2, 0.25) is 0 Å². The second-order valence-corrected chi connectivity index (χ2v) is 5.50. The number of nitrogens with zero attached hydrogens (tertiary/aromatic N) is 1. The quantitative estimate of drug-likeness (QED) is 0.594. The van der Waals surface area contributed by atoms with Crippen molar-refractivity contribution in [1.29, 1.82) is 0 Å². The van der Waals surface area contributed by atoms with E-state index in [4.69, 9.17) is 0 Å². The number of nitro groups is 1. The summed E-state index contributed by atoms with van der Waals surface area (Å²) < 4.78 is 0. The zero-order valence-electron chi connectivity index (χ0n) is 12.6. The van der Waals surface area contributed by atoms with Gasteiger partial charge in [0.2, 0.25) is 0 Å². The number of benzene rings is 2. The summed E-state index contributed by atoms with van der Waals surface area (Å²) in [6.45, 7) is 9.89. The average molecular weight is 281 g/mol. The second kappa shape index (κ2) is 5.92. The third kappa shape index (κ3) is 3.37. The minimum Gasteiger partial charge on any atom is -0.258 e. The first kappa shape index (κ1) is 15.0. The summed E-state index contributed by atoms with van der Waals surface area (Å²) in [6, 6.07) is 11.5. The average Bonchev–Trinajstić information content (AvgIpc) is 2.40. The van der Waals surface area contributed by atoms with Gasteiger partial charge in [-0.1, -0.05) is 42.0 Å². The highest BCUT2D eigenvalue weighted by Crippen LogP contribution is 2.29. The highest BCUT2D eigenvalue weighted by atomic mass is 16.6. The van der Waals surface area contributed by atoms with Crippen molar-refractivity contribution in [3.63, 3.8) is 0 Å². The van der Waals surface area contributed by atoms with Crippen molar-refractivity contribution in [1.82, 2.24) is 0 Å². The first-order valence-corrected chi connectivity index (χ1v) is 6.88. The molecule has 0 heterocycles. The third-order valence-electron chi connectivity index (χ3n) is 3.55. The van der Waals surface area contributed by atoms with E-state index in [0.717, 1.165) is 27.8 Å². The summed E-state index contributed by atoms with van der Waals surface area (Å²) in [5.41, 5.74) is 6.30. The maximum absolute atomic E-state index is 11.1. The van der Waals surface area contributed by atoms with E-state index in [2.05, 4.69) is 30.8 Å². The van der Waals surface area contributed by atoms with E-state index in [-0.39, 0.29) is 10.6 Å². The SMILES string of the molecule is C=C(C)c1c(C)cc([N+](=O)[O-])cc1Cc1ccc(C)cc1. The number of rotatable bonds is 4. The number of non-ortho nitro benzene ring substituents is 1. The Morgan fingerprint density at radius 2 is 1.81 bits per heavy atom. The summed E-state index contributed by atoms with van der Waals surface area (Å²) in [5, 5.41) is 11.1. The molecule has 0 saturated carbocycles. The molecule has 2 rings (SSSR count). The molecule has 0 aliphatic heterocycles. The largest absolute Gasteiger partial charge is 0.270 e. The van der Waals surface area contributed by atoms with Gasteiger partial charge < -0.3 is 0 Å². The lowest BCUT2D eigenvalue weighted by molar-refractivity contribution is -0.385. The molecule has 0 radical (unpaired) electrons. The van der Waals surface area contributed by atoms with E-state index in [1.165, 1.54) is 5.56 Å². The molecular weight excluding hydrogens is 262 g/mol. The van der Waals surface area contributed by atoms with Gasteiger partial charge in [0.15, 0.2) is 0 Å². The monoisotopic (exact) mass is 281 g/mol. The van der Waals surface area contributed by atoms with E-state index in [1.807, 2.05) is 20.8 Å². The van der Waals surface area contributed by atoms with Gasteiger partial charge in [0.1, 0.15) is 0 Å². The minimum absolute atomic E-state index is 0.139. The normalized spacial score (nSPS) is 10.4. The predicted octanol–water partition coefficient (Wildman–Crippen LogP) is 4.84. The van der Waals surface area contributed by atoms with Crippen LogP contribution in [-0.4, -0.2) is 4.92 Å². The molecule has 108 valence electrons. The van der Waals surface area contributed by atoms with E-state index in [9.17, 15) is 10.1 Å². The van der Waals surface area contributed by atoms with Crippen molar-refractivity contribution in [2.75, 3.05) is 0 Å². The molecule has 2 aromatic carbocycles. The van der Waals surface area contributed by atoms with Gasteiger partial charge in [-0.25, -0.2) is 0 Å². The number of hydrogen-bond donors (Lipinski definition) is 0. The van der Waals surface area contributed by atoms with Crippen molar-refractivity contribution in [2.45, 2.75) is 27.2 Å². The fraction of sp³-hybridized carbons (Fsp3) is 0.222. The van der Waals surface area contributed by atoms with Crippen LogP contribution >= 0.6 is 0 Å². The number of nitro benzene ring substituents is 1. The van der Waals surface area contributed by atoms with Gasteiger partial charge in [0.05, 0.1) is 4.92 Å². The maximum Gasteiger partial charge on any atom is 0.270 e. The van der Waals surface area contributed by atoms with Gasteiger partial charge in [0, 0.05) is 12.1 Å². The standard InChI is InChI=1S/C18H19NO2/c1-12(2)18-14(4)9-17(19(20)21)11-16(18)10-15-7-5-13(3)6-8-15/h5-9,11H,1,10H2,2-4H3. The fourth-order valence-corrected chi connectivity index (χ4v) is 2.62. The molecule has 0 aromatic heterocycles. The van der Waals surface area contributed by atoms with Crippen LogP contribution in [0.4, 0.5) is 5.69 Å². The second-order valence-electron chi connectivity index (χ2n) is 5.50. The maximum atomic E-state index is 11.1. The van der Waals surface area contributed by atoms with E-state index in [1.54, 1.807) is 12.1 Å².